The van der Waals surface area contributed by atoms with Crippen molar-refractivity contribution in [3.05, 3.63) is 69.7 Å². The van der Waals surface area contributed by atoms with Gasteiger partial charge in [0.25, 0.3) is 0 Å². The van der Waals surface area contributed by atoms with Crippen LogP contribution in [-0.4, -0.2) is 25.8 Å². The Hall–Kier alpha value is -0.436. The normalized spacial score (nSPS) is 13.2. The number of benzene rings is 2. The minimum atomic E-state index is -0.268. The summed E-state index contributed by atoms with van der Waals surface area (Å²) in [6.07, 6.45) is -0.268. The van der Waals surface area contributed by atoms with Crippen molar-refractivity contribution in [3.8, 4) is 0 Å². The maximum absolute atomic E-state index is 6.73. The molecule has 2 nitrogen and oxygen atoms in total. The molecule has 0 aliphatic rings. The van der Waals surface area contributed by atoms with Gasteiger partial charge >= 0.3 is 0 Å². The minimum absolute atomic E-state index is 0.190. The van der Waals surface area contributed by atoms with E-state index in [-0.39, 0.29) is 17.1 Å². The lowest BCUT2D eigenvalue weighted by Gasteiger charge is -2.35. The van der Waals surface area contributed by atoms with E-state index in [0.29, 0.717) is 19.5 Å². The van der Waals surface area contributed by atoms with Crippen molar-refractivity contribution in [2.24, 2.45) is 0 Å². The third kappa shape index (κ3) is 5.28. The van der Waals surface area contributed by atoms with Crippen LogP contribution in [0.3, 0.4) is 0 Å². The molecule has 0 fully saturated rings. The Kier molecular flexibility index (Phi) is 7.92. The molecule has 0 bridgehead atoms. The molecule has 0 amide bonds. The second kappa shape index (κ2) is 9.49. The molecular formula is C19H22BrClO2Si2. The summed E-state index contributed by atoms with van der Waals surface area (Å²) in [5.74, 6) is 0. The Morgan fingerprint density at radius 3 is 2.12 bits per heavy atom. The van der Waals surface area contributed by atoms with Crippen molar-refractivity contribution in [2.45, 2.75) is 44.0 Å². The predicted octanol–water partition coefficient (Wildman–Crippen LogP) is 5.75. The highest BCUT2D eigenvalue weighted by Gasteiger charge is 2.33. The van der Waals surface area contributed by atoms with Crippen molar-refractivity contribution >= 4 is 47.1 Å². The van der Waals surface area contributed by atoms with Gasteiger partial charge in [-0.25, -0.2) is 0 Å². The Bertz CT molecular complexity index is 673. The SMILES string of the molecule is C[Si]OC(O[Si]C)C(C)(C)c1cccc(C(Cl)c2ccc(Br)cc2)c1. The van der Waals surface area contributed by atoms with Crippen molar-refractivity contribution < 1.29 is 8.85 Å². The molecule has 1 unspecified atom stereocenters. The van der Waals surface area contributed by atoms with E-state index < -0.39 is 0 Å². The van der Waals surface area contributed by atoms with Gasteiger partial charge in [0.15, 0.2) is 0 Å². The number of hydrogen-bond acceptors (Lipinski definition) is 2. The van der Waals surface area contributed by atoms with E-state index in [1.165, 1.54) is 0 Å². The van der Waals surface area contributed by atoms with Gasteiger partial charge in [0, 0.05) is 9.89 Å². The number of rotatable bonds is 8. The van der Waals surface area contributed by atoms with E-state index in [1.54, 1.807) is 0 Å². The summed E-state index contributed by atoms with van der Waals surface area (Å²) in [5, 5.41) is -0.190. The first-order valence-electron chi connectivity index (χ1n) is 8.05. The van der Waals surface area contributed by atoms with Crippen LogP contribution in [0, 0.1) is 0 Å². The molecule has 0 aliphatic heterocycles. The van der Waals surface area contributed by atoms with Gasteiger partial charge in [0.05, 0.1) is 5.38 Å². The highest BCUT2D eigenvalue weighted by Crippen LogP contribution is 2.35. The van der Waals surface area contributed by atoms with E-state index in [2.05, 4.69) is 54.0 Å². The smallest absolute Gasteiger partial charge is 0.229 e. The Balaban J connectivity index is 2.31. The zero-order valence-corrected chi connectivity index (χ0v) is 19.2. The molecule has 2 rings (SSSR count). The van der Waals surface area contributed by atoms with Crippen molar-refractivity contribution in [1.29, 1.82) is 0 Å². The van der Waals surface area contributed by atoms with Crippen LogP contribution in [-0.2, 0) is 14.3 Å². The van der Waals surface area contributed by atoms with Crippen LogP contribution in [0.25, 0.3) is 0 Å². The molecule has 0 spiro atoms. The summed E-state index contributed by atoms with van der Waals surface area (Å²) in [5.41, 5.74) is 3.05. The highest BCUT2D eigenvalue weighted by molar-refractivity contribution is 9.10. The van der Waals surface area contributed by atoms with Crippen LogP contribution in [0.1, 0.15) is 35.9 Å². The standard InChI is InChI=1S/C19H22BrClO2Si2/c1-19(2,18(22-24-3)23-25-4)15-7-5-6-14(12-15)17(21)13-8-10-16(20)11-9-13/h5-12,17-18H,1-4H3. The summed E-state index contributed by atoms with van der Waals surface area (Å²) >= 11 is 10.2. The van der Waals surface area contributed by atoms with Crippen LogP contribution in [0.2, 0.25) is 13.1 Å². The molecular weight excluding hydrogens is 432 g/mol. The predicted molar refractivity (Wildman–Crippen MR) is 111 cm³/mol. The average molecular weight is 454 g/mol. The Morgan fingerprint density at radius 2 is 1.56 bits per heavy atom. The molecule has 0 saturated heterocycles. The van der Waals surface area contributed by atoms with E-state index in [4.69, 9.17) is 20.5 Å². The van der Waals surface area contributed by atoms with Gasteiger partial charge in [-0.3, -0.25) is 0 Å². The molecule has 0 aromatic heterocycles. The molecule has 0 saturated carbocycles. The monoisotopic (exact) mass is 452 g/mol. The lowest BCUT2D eigenvalue weighted by atomic mass is 9.83. The fourth-order valence-electron chi connectivity index (χ4n) is 2.59. The molecule has 132 valence electrons. The van der Waals surface area contributed by atoms with Gasteiger partial charge in [-0.1, -0.05) is 66.2 Å². The third-order valence-electron chi connectivity index (χ3n) is 4.12. The number of alkyl halides is 1. The summed E-state index contributed by atoms with van der Waals surface area (Å²) in [4.78, 5) is 0. The molecule has 0 heterocycles. The summed E-state index contributed by atoms with van der Waals surface area (Å²) in [6.45, 7) is 8.34. The van der Waals surface area contributed by atoms with E-state index in [1.807, 2.05) is 37.4 Å². The minimum Gasteiger partial charge on any atom is -0.393 e. The fraction of sp³-hybridized carbons (Fsp3) is 0.368. The summed E-state index contributed by atoms with van der Waals surface area (Å²) in [7, 11) is 0.768. The zero-order valence-electron chi connectivity index (χ0n) is 14.8. The maximum Gasteiger partial charge on any atom is 0.229 e. The highest BCUT2D eigenvalue weighted by atomic mass is 79.9. The first kappa shape index (κ1) is 20.9. The first-order valence-corrected chi connectivity index (χ1v) is 12.1. The first-order chi connectivity index (χ1) is 11.9. The second-order valence-corrected chi connectivity index (χ2v) is 8.88. The van der Waals surface area contributed by atoms with E-state index >= 15 is 0 Å². The summed E-state index contributed by atoms with van der Waals surface area (Å²) in [6, 6.07) is 16.5. The average Bonchev–Trinajstić information content (AvgIpc) is 2.61. The van der Waals surface area contributed by atoms with Gasteiger partial charge in [-0.15, -0.1) is 11.6 Å². The molecule has 25 heavy (non-hydrogen) atoms. The Labute approximate surface area is 169 Å². The maximum atomic E-state index is 6.73. The quantitative estimate of drug-likeness (QED) is 0.288. The molecule has 2 aromatic carbocycles. The molecule has 4 radical (unpaired) electrons. The Morgan fingerprint density at radius 1 is 0.960 bits per heavy atom. The third-order valence-corrected chi connectivity index (χ3v) is 6.06. The van der Waals surface area contributed by atoms with Crippen molar-refractivity contribution in [1.82, 2.24) is 0 Å². The lowest BCUT2D eigenvalue weighted by molar-refractivity contribution is -0.0433. The van der Waals surface area contributed by atoms with Crippen LogP contribution >= 0.6 is 27.5 Å². The fourth-order valence-corrected chi connectivity index (χ4v) is 4.35. The topological polar surface area (TPSA) is 18.5 Å². The van der Waals surface area contributed by atoms with Gasteiger partial charge in [0.1, 0.15) is 6.29 Å². The van der Waals surface area contributed by atoms with Crippen LogP contribution in [0.4, 0.5) is 0 Å². The second-order valence-electron chi connectivity index (χ2n) is 6.24. The molecule has 2 aromatic rings. The summed E-state index contributed by atoms with van der Waals surface area (Å²) < 4.78 is 12.8. The molecule has 0 N–H and O–H groups in total. The van der Waals surface area contributed by atoms with Crippen LogP contribution in [0.5, 0.6) is 0 Å². The molecule has 0 aliphatic carbocycles. The van der Waals surface area contributed by atoms with Gasteiger partial charge in [0.2, 0.25) is 19.5 Å². The van der Waals surface area contributed by atoms with Crippen LogP contribution < -0.4 is 0 Å². The lowest BCUT2D eigenvalue weighted by Crippen LogP contribution is -2.39. The zero-order chi connectivity index (χ0) is 18.4. The van der Waals surface area contributed by atoms with Gasteiger partial charge < -0.3 is 8.85 Å². The van der Waals surface area contributed by atoms with Crippen molar-refractivity contribution in [3.63, 3.8) is 0 Å². The van der Waals surface area contributed by atoms with Gasteiger partial charge in [-0.05, 0) is 41.9 Å². The largest absolute Gasteiger partial charge is 0.393 e. The molecule has 1 atom stereocenters. The van der Waals surface area contributed by atoms with E-state index in [0.717, 1.165) is 21.2 Å². The van der Waals surface area contributed by atoms with E-state index in [9.17, 15) is 0 Å². The number of halogens is 2. The van der Waals surface area contributed by atoms with Gasteiger partial charge in [-0.2, -0.15) is 0 Å². The van der Waals surface area contributed by atoms with Crippen LogP contribution in [0.15, 0.2) is 53.0 Å². The van der Waals surface area contributed by atoms with Crippen molar-refractivity contribution in [2.75, 3.05) is 0 Å². The number of hydrogen-bond donors (Lipinski definition) is 0. The molecule has 6 heteroatoms.